The van der Waals surface area contributed by atoms with E-state index < -0.39 is 30.4 Å². The fourth-order valence-electron chi connectivity index (χ4n) is 1.46. The van der Waals surface area contributed by atoms with Crippen LogP contribution in [0.3, 0.4) is 0 Å². The molecule has 0 bridgehead atoms. The van der Waals surface area contributed by atoms with Crippen molar-refractivity contribution < 1.29 is 19.5 Å². The van der Waals surface area contributed by atoms with Crippen molar-refractivity contribution in [1.82, 2.24) is 5.32 Å². The number of urea groups is 1. The minimum absolute atomic E-state index is 0.216. The standard InChI is InChI=1S/C12H13Cl2N3O4/c1-5-2-7(14)8(3-6(5)13)16-12(21)17-9(11(19)20)4-10(15)18/h2-3,9H,4H2,1H3,(H2,15,18)(H,19,20)(H2,16,17,21). The van der Waals surface area contributed by atoms with Gasteiger partial charge in [-0.1, -0.05) is 23.2 Å². The van der Waals surface area contributed by atoms with Crippen molar-refractivity contribution >= 4 is 46.8 Å². The Bertz CT molecular complexity index is 592. The highest BCUT2D eigenvalue weighted by atomic mass is 35.5. The molecule has 0 saturated carbocycles. The molecule has 1 aromatic rings. The average molecular weight is 334 g/mol. The highest BCUT2D eigenvalue weighted by Crippen LogP contribution is 2.28. The lowest BCUT2D eigenvalue weighted by Gasteiger charge is -2.14. The van der Waals surface area contributed by atoms with Crippen LogP contribution < -0.4 is 16.4 Å². The number of halogens is 2. The first-order chi connectivity index (χ1) is 9.70. The van der Waals surface area contributed by atoms with Gasteiger partial charge in [0.15, 0.2) is 0 Å². The van der Waals surface area contributed by atoms with Gasteiger partial charge in [-0.05, 0) is 24.6 Å². The van der Waals surface area contributed by atoms with Crippen LogP contribution in [0.15, 0.2) is 12.1 Å². The number of anilines is 1. The van der Waals surface area contributed by atoms with Crippen molar-refractivity contribution in [1.29, 1.82) is 0 Å². The second-order valence-electron chi connectivity index (χ2n) is 4.24. The summed E-state index contributed by atoms with van der Waals surface area (Å²) in [4.78, 5) is 33.3. The van der Waals surface area contributed by atoms with Gasteiger partial charge in [-0.2, -0.15) is 0 Å². The third-order valence-electron chi connectivity index (χ3n) is 2.51. The van der Waals surface area contributed by atoms with Crippen molar-refractivity contribution in [2.45, 2.75) is 19.4 Å². The molecule has 0 fully saturated rings. The average Bonchev–Trinajstić information content (AvgIpc) is 2.34. The number of benzene rings is 1. The molecule has 1 atom stereocenters. The molecular formula is C12H13Cl2N3O4. The van der Waals surface area contributed by atoms with Crippen molar-refractivity contribution in [3.05, 3.63) is 27.7 Å². The van der Waals surface area contributed by atoms with Gasteiger partial charge in [0.1, 0.15) is 6.04 Å². The van der Waals surface area contributed by atoms with Crippen LogP contribution in [0.2, 0.25) is 10.0 Å². The van der Waals surface area contributed by atoms with Gasteiger partial charge in [-0.3, -0.25) is 4.79 Å². The minimum atomic E-state index is -1.43. The summed E-state index contributed by atoms with van der Waals surface area (Å²) in [5.74, 6) is -2.23. The fraction of sp³-hybridized carbons (Fsp3) is 0.250. The van der Waals surface area contributed by atoms with E-state index >= 15 is 0 Å². The number of nitrogens with one attached hydrogen (secondary N) is 2. The number of carbonyl (C=O) groups is 3. The highest BCUT2D eigenvalue weighted by molar-refractivity contribution is 6.36. The summed E-state index contributed by atoms with van der Waals surface area (Å²) in [5, 5.41) is 14.0. The van der Waals surface area contributed by atoms with Crippen molar-refractivity contribution in [2.24, 2.45) is 5.73 Å². The van der Waals surface area contributed by atoms with Crippen LogP contribution in [0.4, 0.5) is 10.5 Å². The zero-order valence-corrected chi connectivity index (χ0v) is 12.5. The summed E-state index contributed by atoms with van der Waals surface area (Å²) < 4.78 is 0. The maximum absolute atomic E-state index is 11.7. The van der Waals surface area contributed by atoms with Crippen LogP contribution in [-0.2, 0) is 9.59 Å². The molecular weight excluding hydrogens is 321 g/mol. The van der Waals surface area contributed by atoms with E-state index in [1.165, 1.54) is 6.07 Å². The monoisotopic (exact) mass is 333 g/mol. The summed E-state index contributed by atoms with van der Waals surface area (Å²) >= 11 is 11.8. The van der Waals surface area contributed by atoms with E-state index in [1.54, 1.807) is 13.0 Å². The maximum atomic E-state index is 11.7. The Balaban J connectivity index is 2.79. The lowest BCUT2D eigenvalue weighted by molar-refractivity contribution is -0.140. The molecule has 1 unspecified atom stereocenters. The predicted molar refractivity (Wildman–Crippen MR) is 78.6 cm³/mol. The molecule has 0 radical (unpaired) electrons. The van der Waals surface area contributed by atoms with Gasteiger partial charge < -0.3 is 21.5 Å². The zero-order valence-electron chi connectivity index (χ0n) is 10.9. The largest absolute Gasteiger partial charge is 0.480 e. The summed E-state index contributed by atoms with van der Waals surface area (Å²) in [5.41, 5.74) is 5.85. The van der Waals surface area contributed by atoms with Crippen LogP contribution in [0.25, 0.3) is 0 Å². The van der Waals surface area contributed by atoms with Crippen molar-refractivity contribution in [3.63, 3.8) is 0 Å². The quantitative estimate of drug-likeness (QED) is 0.655. The molecule has 0 saturated heterocycles. The smallest absolute Gasteiger partial charge is 0.326 e. The van der Waals surface area contributed by atoms with Crippen LogP contribution in [0, 0.1) is 6.92 Å². The number of nitrogens with two attached hydrogens (primary N) is 1. The first-order valence-corrected chi connectivity index (χ1v) is 6.50. The summed E-state index contributed by atoms with van der Waals surface area (Å²) in [7, 11) is 0. The Hall–Kier alpha value is -1.99. The molecule has 0 aromatic heterocycles. The first kappa shape index (κ1) is 17.1. The number of carboxylic acids is 1. The number of amides is 3. The topological polar surface area (TPSA) is 122 Å². The molecule has 0 aliphatic carbocycles. The normalized spacial score (nSPS) is 11.6. The maximum Gasteiger partial charge on any atom is 0.326 e. The van der Waals surface area contributed by atoms with E-state index in [-0.39, 0.29) is 10.7 Å². The summed E-state index contributed by atoms with van der Waals surface area (Å²) in [6.45, 7) is 1.74. The molecule has 1 rings (SSSR count). The van der Waals surface area contributed by atoms with Gasteiger partial charge in [-0.15, -0.1) is 0 Å². The SMILES string of the molecule is Cc1cc(Cl)c(NC(=O)NC(CC(N)=O)C(=O)O)cc1Cl. The van der Waals surface area contributed by atoms with E-state index in [1.807, 2.05) is 0 Å². The van der Waals surface area contributed by atoms with Crippen LogP contribution in [-0.4, -0.2) is 29.1 Å². The Labute approximate surface area is 130 Å². The van der Waals surface area contributed by atoms with Crippen molar-refractivity contribution in [3.8, 4) is 0 Å². The number of hydrogen-bond acceptors (Lipinski definition) is 3. The van der Waals surface area contributed by atoms with Gasteiger partial charge in [-0.25, -0.2) is 9.59 Å². The Kier molecular flexibility index (Phi) is 5.80. The number of carbonyl (C=O) groups excluding carboxylic acids is 2. The number of primary amides is 1. The van der Waals surface area contributed by atoms with Crippen LogP contribution in [0.5, 0.6) is 0 Å². The second kappa shape index (κ2) is 7.14. The molecule has 1 aromatic carbocycles. The molecule has 5 N–H and O–H groups in total. The third kappa shape index (κ3) is 5.13. The van der Waals surface area contributed by atoms with Gasteiger partial charge in [0.05, 0.1) is 17.1 Å². The molecule has 114 valence electrons. The first-order valence-electron chi connectivity index (χ1n) is 5.75. The third-order valence-corrected chi connectivity index (χ3v) is 3.23. The molecule has 9 heteroatoms. The Morgan fingerprint density at radius 1 is 1.29 bits per heavy atom. The number of carboxylic acid groups (broad SMARTS) is 1. The summed E-state index contributed by atoms with van der Waals surface area (Å²) in [6.07, 6.45) is -0.523. The van der Waals surface area contributed by atoms with Crippen LogP contribution >= 0.6 is 23.2 Å². The lowest BCUT2D eigenvalue weighted by atomic mass is 10.2. The van der Waals surface area contributed by atoms with E-state index in [2.05, 4.69) is 10.6 Å². The van der Waals surface area contributed by atoms with Gasteiger partial charge in [0.2, 0.25) is 5.91 Å². The van der Waals surface area contributed by atoms with Gasteiger partial charge in [0, 0.05) is 5.02 Å². The summed E-state index contributed by atoms with van der Waals surface area (Å²) in [6, 6.07) is 0.716. The van der Waals surface area contributed by atoms with E-state index in [4.69, 9.17) is 34.0 Å². The Morgan fingerprint density at radius 2 is 1.90 bits per heavy atom. The number of aliphatic carboxylic acids is 1. The highest BCUT2D eigenvalue weighted by Gasteiger charge is 2.22. The fourth-order valence-corrected chi connectivity index (χ4v) is 1.89. The van der Waals surface area contributed by atoms with Crippen molar-refractivity contribution in [2.75, 3.05) is 5.32 Å². The molecule has 0 spiro atoms. The predicted octanol–water partition coefficient (Wildman–Crippen LogP) is 1.75. The van der Waals surface area contributed by atoms with Gasteiger partial charge in [0.25, 0.3) is 0 Å². The van der Waals surface area contributed by atoms with E-state index in [9.17, 15) is 14.4 Å². The molecule has 7 nitrogen and oxygen atoms in total. The second-order valence-corrected chi connectivity index (χ2v) is 5.06. The number of hydrogen-bond donors (Lipinski definition) is 4. The molecule has 3 amide bonds. The minimum Gasteiger partial charge on any atom is -0.480 e. The van der Waals surface area contributed by atoms with E-state index in [0.717, 1.165) is 5.56 Å². The zero-order chi connectivity index (χ0) is 16.2. The van der Waals surface area contributed by atoms with Gasteiger partial charge >= 0.3 is 12.0 Å². The molecule has 21 heavy (non-hydrogen) atoms. The lowest BCUT2D eigenvalue weighted by Crippen LogP contribution is -2.45. The Morgan fingerprint density at radius 3 is 2.43 bits per heavy atom. The number of aryl methyl sites for hydroxylation is 1. The molecule has 0 aliphatic rings. The van der Waals surface area contributed by atoms with Crippen LogP contribution in [0.1, 0.15) is 12.0 Å². The molecule has 0 aliphatic heterocycles. The van der Waals surface area contributed by atoms with E-state index in [0.29, 0.717) is 5.02 Å². The number of rotatable bonds is 5. The molecule has 0 heterocycles.